The van der Waals surface area contributed by atoms with Crippen LogP contribution in [0.3, 0.4) is 0 Å². The number of hydrogen-bond acceptors (Lipinski definition) is 8. The van der Waals surface area contributed by atoms with E-state index >= 15 is 4.39 Å². The molecule has 11 nitrogen and oxygen atoms in total. The number of fused-ring (bicyclic) bond motifs is 5. The lowest BCUT2D eigenvalue weighted by atomic mass is 9.81. The quantitative estimate of drug-likeness (QED) is 0.164. The van der Waals surface area contributed by atoms with Crippen molar-refractivity contribution >= 4 is 28.7 Å². The minimum Gasteiger partial charge on any atom is -0.460 e. The van der Waals surface area contributed by atoms with Crippen molar-refractivity contribution in [2.45, 2.75) is 58.2 Å². The fraction of sp³-hybridized carbons (Fsp3) is 0.433. The van der Waals surface area contributed by atoms with Gasteiger partial charge in [-0.3, -0.25) is 19.2 Å². The third-order valence-electron chi connectivity index (χ3n) is 8.47. The third kappa shape index (κ3) is 4.54. The molecule has 0 radical (unpaired) electrons. The maximum absolute atomic E-state index is 15.0. The van der Waals surface area contributed by atoms with Crippen LogP contribution in [0.4, 0.5) is 4.39 Å². The van der Waals surface area contributed by atoms with Crippen molar-refractivity contribution < 1.29 is 28.2 Å². The van der Waals surface area contributed by atoms with Crippen LogP contribution in [0.5, 0.6) is 0 Å². The first-order valence-corrected chi connectivity index (χ1v) is 14.1. The molecule has 1 aliphatic carbocycles. The van der Waals surface area contributed by atoms with Crippen LogP contribution in [-0.4, -0.2) is 54.3 Å². The van der Waals surface area contributed by atoms with Crippen LogP contribution in [0.25, 0.3) is 22.3 Å². The molecular formula is C30H32FN5O6. The lowest BCUT2D eigenvalue weighted by Crippen LogP contribution is -2.37. The van der Waals surface area contributed by atoms with Gasteiger partial charge in [-0.15, -0.1) is 0 Å². The Labute approximate surface area is 240 Å². The molecule has 0 fully saturated rings. The highest BCUT2D eigenvalue weighted by molar-refractivity contribution is 5.94. The number of carbonyl (C=O) groups is 3. The van der Waals surface area contributed by atoms with Gasteiger partial charge in [-0.25, -0.2) is 9.37 Å². The molecule has 0 bridgehead atoms. The van der Waals surface area contributed by atoms with E-state index in [1.165, 1.54) is 6.07 Å². The molecule has 42 heavy (non-hydrogen) atoms. The van der Waals surface area contributed by atoms with E-state index in [2.05, 4.69) is 16.0 Å². The predicted molar refractivity (Wildman–Crippen MR) is 150 cm³/mol. The number of hydrogen-bond donors (Lipinski definition) is 3. The highest BCUT2D eigenvalue weighted by Gasteiger charge is 2.37. The van der Waals surface area contributed by atoms with Gasteiger partial charge in [0, 0.05) is 17.0 Å². The average molecular weight is 578 g/mol. The highest BCUT2D eigenvalue weighted by Crippen LogP contribution is 2.45. The standard InChI is InChI=1S/C30H32FN5O6/c1-4-15-17-7-23-28-18(10-36(23)29(39)19(17)11-42-30(15)40)27-21(34-25(38)12-41-13-33-24(37)9-32-3)6-5-16-14(2)20(31)8-22(35-28)26(16)27/h7-8,15,21,32H,4-6,9-13H2,1-3H3,(H,33,37)(H,34,38). The largest absolute Gasteiger partial charge is 0.460 e. The smallest absolute Gasteiger partial charge is 0.313 e. The maximum Gasteiger partial charge on any atom is 0.313 e. The van der Waals surface area contributed by atoms with Gasteiger partial charge in [0.15, 0.2) is 0 Å². The number of cyclic esters (lactones) is 1. The van der Waals surface area contributed by atoms with Gasteiger partial charge in [-0.2, -0.15) is 0 Å². The van der Waals surface area contributed by atoms with Crippen molar-refractivity contribution in [3.8, 4) is 11.4 Å². The number of rotatable bonds is 8. The van der Waals surface area contributed by atoms with Gasteiger partial charge >= 0.3 is 5.97 Å². The Balaban J connectivity index is 1.40. The minimum absolute atomic E-state index is 0.0783. The molecule has 0 saturated heterocycles. The molecule has 3 aromatic rings. The molecule has 2 unspecified atom stereocenters. The second-order valence-corrected chi connectivity index (χ2v) is 10.9. The summed E-state index contributed by atoms with van der Waals surface area (Å²) >= 11 is 0. The molecular weight excluding hydrogens is 545 g/mol. The second kappa shape index (κ2) is 10.9. The molecule has 12 heteroatoms. The van der Waals surface area contributed by atoms with Gasteiger partial charge in [0.1, 0.15) is 25.8 Å². The number of aromatic nitrogens is 2. The highest BCUT2D eigenvalue weighted by atomic mass is 19.1. The number of carbonyl (C=O) groups excluding carboxylic acids is 3. The maximum atomic E-state index is 15.0. The van der Waals surface area contributed by atoms with E-state index in [0.717, 1.165) is 22.1 Å². The number of pyridine rings is 2. The van der Waals surface area contributed by atoms with Crippen LogP contribution in [0.1, 0.15) is 65.1 Å². The van der Waals surface area contributed by atoms with Crippen molar-refractivity contribution in [3.05, 3.63) is 61.7 Å². The van der Waals surface area contributed by atoms with E-state index in [9.17, 15) is 19.2 Å². The molecule has 2 atom stereocenters. The normalized spacial score (nSPS) is 18.2. The van der Waals surface area contributed by atoms with Gasteiger partial charge in [0.05, 0.1) is 47.5 Å². The predicted octanol–water partition coefficient (Wildman–Crippen LogP) is 1.84. The van der Waals surface area contributed by atoms with E-state index in [0.29, 0.717) is 52.9 Å². The fourth-order valence-electron chi connectivity index (χ4n) is 6.46. The summed E-state index contributed by atoms with van der Waals surface area (Å²) in [4.78, 5) is 55.6. The molecule has 4 heterocycles. The van der Waals surface area contributed by atoms with Gasteiger partial charge in [0.25, 0.3) is 5.56 Å². The first-order chi connectivity index (χ1) is 20.2. The topological polar surface area (TPSA) is 141 Å². The Kier molecular flexibility index (Phi) is 7.27. The van der Waals surface area contributed by atoms with Gasteiger partial charge in [-0.05, 0) is 61.6 Å². The number of halogens is 1. The van der Waals surface area contributed by atoms with Crippen molar-refractivity contribution in [1.82, 2.24) is 25.5 Å². The Morgan fingerprint density at radius 2 is 2.00 bits per heavy atom. The SMILES string of the molecule is CCC1C(=O)OCc2c1cc1n(c2=O)Cc2c-1nc1cc(F)c(C)c3c1c2C(NC(=O)COCNC(=O)CNC)CC3. The molecule has 0 spiro atoms. The number of nitrogens with zero attached hydrogens (tertiary/aromatic N) is 2. The van der Waals surface area contributed by atoms with Crippen molar-refractivity contribution in [1.29, 1.82) is 0 Å². The van der Waals surface area contributed by atoms with E-state index in [4.69, 9.17) is 14.5 Å². The minimum atomic E-state index is -0.544. The summed E-state index contributed by atoms with van der Waals surface area (Å²) in [6, 6.07) is 2.83. The lowest BCUT2D eigenvalue weighted by molar-refractivity contribution is -0.148. The van der Waals surface area contributed by atoms with Crippen LogP contribution < -0.4 is 21.5 Å². The monoisotopic (exact) mass is 577 g/mol. The number of amides is 2. The number of benzene rings is 1. The molecule has 2 aromatic heterocycles. The Morgan fingerprint density at radius 3 is 2.76 bits per heavy atom. The van der Waals surface area contributed by atoms with E-state index in [1.807, 2.05) is 13.0 Å². The van der Waals surface area contributed by atoms with Crippen LogP contribution in [0, 0.1) is 12.7 Å². The van der Waals surface area contributed by atoms with Crippen LogP contribution in [0.15, 0.2) is 16.9 Å². The Hall–Kier alpha value is -4.16. The number of esters is 1. The number of aryl methyl sites for hydroxylation is 1. The second-order valence-electron chi connectivity index (χ2n) is 10.9. The van der Waals surface area contributed by atoms with E-state index < -0.39 is 12.0 Å². The molecule has 3 N–H and O–H groups in total. The van der Waals surface area contributed by atoms with Crippen molar-refractivity contribution in [3.63, 3.8) is 0 Å². The van der Waals surface area contributed by atoms with E-state index in [-0.39, 0.29) is 62.2 Å². The zero-order chi connectivity index (χ0) is 29.7. The Bertz CT molecular complexity index is 1720. The zero-order valence-corrected chi connectivity index (χ0v) is 23.7. The summed E-state index contributed by atoms with van der Waals surface area (Å²) < 4.78 is 27.4. The van der Waals surface area contributed by atoms with Crippen LogP contribution >= 0.6 is 0 Å². The molecule has 6 rings (SSSR count). The van der Waals surface area contributed by atoms with Crippen LogP contribution in [-0.2, 0) is 43.4 Å². The average Bonchev–Trinajstić information content (AvgIpc) is 3.33. The first kappa shape index (κ1) is 28.0. The lowest BCUT2D eigenvalue weighted by Gasteiger charge is -2.29. The number of likely N-dealkylation sites (N-methyl/N-ethyl adjacent to an activating group) is 1. The summed E-state index contributed by atoms with van der Waals surface area (Å²) in [5, 5.41) is 9.13. The molecule has 3 aliphatic rings. The Morgan fingerprint density at radius 1 is 1.19 bits per heavy atom. The third-order valence-corrected chi connectivity index (χ3v) is 8.47. The fourth-order valence-corrected chi connectivity index (χ4v) is 6.46. The first-order valence-electron chi connectivity index (χ1n) is 14.1. The van der Waals surface area contributed by atoms with Gasteiger partial charge in [0.2, 0.25) is 11.8 Å². The van der Waals surface area contributed by atoms with Gasteiger partial charge < -0.3 is 30.0 Å². The summed E-state index contributed by atoms with van der Waals surface area (Å²) in [5.41, 5.74) is 5.43. The molecule has 2 aliphatic heterocycles. The molecule has 0 saturated carbocycles. The summed E-state index contributed by atoms with van der Waals surface area (Å²) in [5.74, 6) is -1.88. The number of nitrogens with one attached hydrogen (secondary N) is 3. The van der Waals surface area contributed by atoms with E-state index in [1.54, 1.807) is 18.5 Å². The van der Waals surface area contributed by atoms with Crippen LogP contribution in [0.2, 0.25) is 0 Å². The number of ether oxygens (including phenoxy) is 2. The summed E-state index contributed by atoms with van der Waals surface area (Å²) in [7, 11) is 1.65. The van der Waals surface area contributed by atoms with Crippen molar-refractivity contribution in [2.75, 3.05) is 26.9 Å². The molecule has 2 amide bonds. The summed E-state index contributed by atoms with van der Waals surface area (Å²) in [6.45, 7) is 3.53. The summed E-state index contributed by atoms with van der Waals surface area (Å²) in [6.07, 6.45) is 1.55. The van der Waals surface area contributed by atoms with Crippen molar-refractivity contribution in [2.24, 2.45) is 0 Å². The molecule has 1 aromatic carbocycles. The van der Waals surface area contributed by atoms with Gasteiger partial charge in [-0.1, -0.05) is 6.92 Å². The zero-order valence-electron chi connectivity index (χ0n) is 23.7. The molecule has 220 valence electrons.